The Kier molecular flexibility index (Phi) is 6.42. The summed E-state index contributed by atoms with van der Waals surface area (Å²) >= 11 is 0. The Labute approximate surface area is 179 Å². The van der Waals surface area contributed by atoms with E-state index in [1.165, 1.54) is 6.92 Å². The maximum Gasteiger partial charge on any atom is 0.259 e. The van der Waals surface area contributed by atoms with E-state index in [1.807, 2.05) is 32.1 Å². The lowest BCUT2D eigenvalue weighted by Gasteiger charge is -2.52. The summed E-state index contributed by atoms with van der Waals surface area (Å²) in [5.74, 6) is -0.300. The van der Waals surface area contributed by atoms with E-state index in [0.717, 1.165) is 24.8 Å². The van der Waals surface area contributed by atoms with Crippen molar-refractivity contribution >= 4 is 11.7 Å². The fraction of sp³-hybridized carbons (Fsp3) is 0.600. The van der Waals surface area contributed by atoms with Crippen LogP contribution >= 0.6 is 0 Å². The molecule has 0 radical (unpaired) electrons. The van der Waals surface area contributed by atoms with Crippen LogP contribution < -0.4 is 5.32 Å². The number of amides is 1. The monoisotopic (exact) mass is 413 g/mol. The van der Waals surface area contributed by atoms with Crippen LogP contribution in [0.5, 0.6) is 0 Å². The fourth-order valence-electron chi connectivity index (χ4n) is 5.84. The number of carbonyl (C=O) groups excluding carboxylic acids is 2. The Hall–Kier alpha value is -2.14. The second-order valence-corrected chi connectivity index (χ2v) is 9.55. The summed E-state index contributed by atoms with van der Waals surface area (Å²) in [5.41, 5.74) is 0.205. The van der Waals surface area contributed by atoms with Gasteiger partial charge in [-0.2, -0.15) is 0 Å². The molecule has 0 spiro atoms. The first-order valence-corrected chi connectivity index (χ1v) is 11.1. The van der Waals surface area contributed by atoms with Crippen molar-refractivity contribution in [1.29, 1.82) is 0 Å². The summed E-state index contributed by atoms with van der Waals surface area (Å²) in [7, 11) is 0. The van der Waals surface area contributed by atoms with Crippen LogP contribution in [0.3, 0.4) is 0 Å². The molecule has 0 bridgehead atoms. The molecule has 1 saturated heterocycles. The van der Waals surface area contributed by atoms with E-state index in [1.54, 1.807) is 0 Å². The third-order valence-electron chi connectivity index (χ3n) is 7.42. The van der Waals surface area contributed by atoms with E-state index in [-0.39, 0.29) is 23.2 Å². The third kappa shape index (κ3) is 3.68. The Morgan fingerprint density at radius 1 is 1.30 bits per heavy atom. The highest BCUT2D eigenvalue weighted by atomic mass is 16.3. The zero-order valence-corrected chi connectivity index (χ0v) is 18.7. The van der Waals surface area contributed by atoms with Gasteiger partial charge in [0.15, 0.2) is 5.78 Å². The minimum atomic E-state index is -1.01. The minimum Gasteiger partial charge on any atom is -0.511 e. The van der Waals surface area contributed by atoms with Gasteiger partial charge < -0.3 is 15.5 Å². The smallest absolute Gasteiger partial charge is 0.259 e. The molecule has 5 heteroatoms. The van der Waals surface area contributed by atoms with Gasteiger partial charge in [-0.05, 0) is 51.4 Å². The molecule has 3 rings (SSSR count). The highest BCUT2D eigenvalue weighted by molar-refractivity contribution is 6.27. The molecule has 0 aromatic rings. The molecule has 30 heavy (non-hydrogen) atoms. The van der Waals surface area contributed by atoms with E-state index in [9.17, 15) is 19.8 Å². The molecule has 1 saturated carbocycles. The first-order chi connectivity index (χ1) is 14.1. The van der Waals surface area contributed by atoms with Crippen LogP contribution in [-0.2, 0) is 9.59 Å². The first-order valence-electron chi connectivity index (χ1n) is 11.1. The molecule has 0 aromatic carbocycles. The summed E-state index contributed by atoms with van der Waals surface area (Å²) in [6, 6.07) is -1.00. The summed E-state index contributed by atoms with van der Waals surface area (Å²) in [5, 5.41) is 24.0. The molecule has 0 aromatic heterocycles. The number of rotatable bonds is 4. The summed E-state index contributed by atoms with van der Waals surface area (Å²) in [6.07, 6.45) is 12.3. The Bertz CT molecular complexity index is 834. The fourth-order valence-corrected chi connectivity index (χ4v) is 5.84. The maximum absolute atomic E-state index is 12.9. The summed E-state index contributed by atoms with van der Waals surface area (Å²) in [4.78, 5) is 25.6. The van der Waals surface area contributed by atoms with Crippen LogP contribution in [0.15, 0.2) is 47.3 Å². The van der Waals surface area contributed by atoms with E-state index in [2.05, 4.69) is 31.3 Å². The Morgan fingerprint density at radius 3 is 2.60 bits per heavy atom. The van der Waals surface area contributed by atoms with Crippen LogP contribution in [0, 0.1) is 29.1 Å². The zero-order valence-electron chi connectivity index (χ0n) is 18.7. The van der Waals surface area contributed by atoms with Gasteiger partial charge in [0.1, 0.15) is 17.4 Å². The van der Waals surface area contributed by atoms with E-state index in [0.29, 0.717) is 11.8 Å². The van der Waals surface area contributed by atoms with Gasteiger partial charge in [0, 0.05) is 11.3 Å². The number of carbonyl (C=O) groups is 2. The molecule has 5 nitrogen and oxygen atoms in total. The van der Waals surface area contributed by atoms with Gasteiger partial charge in [-0.15, -0.1) is 0 Å². The van der Waals surface area contributed by atoms with E-state index >= 15 is 0 Å². The van der Waals surface area contributed by atoms with Crippen molar-refractivity contribution in [2.45, 2.75) is 66.0 Å². The number of hydrogen-bond acceptors (Lipinski definition) is 4. The lowest BCUT2D eigenvalue weighted by Crippen LogP contribution is -2.46. The molecule has 1 heterocycles. The van der Waals surface area contributed by atoms with Crippen molar-refractivity contribution in [2.24, 2.45) is 29.1 Å². The number of hydrogen-bond donors (Lipinski definition) is 3. The quantitative estimate of drug-likeness (QED) is 0.214. The van der Waals surface area contributed by atoms with Gasteiger partial charge >= 0.3 is 0 Å². The van der Waals surface area contributed by atoms with E-state index in [4.69, 9.17) is 0 Å². The Morgan fingerprint density at radius 2 is 2.00 bits per heavy atom. The SMILES string of the molecule is C/C=C/C=C/[C@H]1C(C)=C[C@H]2C[C@@H](C)CC[C@@H]2[C@@]1(C)/C(O)=C1/C(=O)NC(C(C)O)C1=O. The molecule has 1 aliphatic heterocycles. The number of Topliss-reactive ketones (excluding diaryl/α,β-unsaturated/α-hetero) is 1. The van der Waals surface area contributed by atoms with Gasteiger partial charge in [0.05, 0.1) is 6.10 Å². The lowest BCUT2D eigenvalue weighted by atomic mass is 9.52. The molecule has 2 aliphatic carbocycles. The van der Waals surface area contributed by atoms with Crippen LogP contribution in [0.2, 0.25) is 0 Å². The zero-order chi connectivity index (χ0) is 22.2. The summed E-state index contributed by atoms with van der Waals surface area (Å²) in [6.45, 7) is 9.75. The first kappa shape index (κ1) is 22.5. The maximum atomic E-state index is 12.9. The van der Waals surface area contributed by atoms with Crippen LogP contribution in [0.4, 0.5) is 0 Å². The molecular formula is C25H35NO4. The molecule has 3 N–H and O–H groups in total. The number of fused-ring (bicyclic) bond motifs is 1. The molecule has 2 unspecified atom stereocenters. The molecule has 1 amide bonds. The second-order valence-electron chi connectivity index (χ2n) is 9.55. The van der Waals surface area contributed by atoms with Crippen LogP contribution in [0.1, 0.15) is 53.9 Å². The lowest BCUT2D eigenvalue weighted by molar-refractivity contribution is -0.118. The molecule has 3 aliphatic rings. The van der Waals surface area contributed by atoms with Crippen LogP contribution in [0.25, 0.3) is 0 Å². The van der Waals surface area contributed by atoms with E-state index < -0.39 is 29.3 Å². The number of ketones is 1. The largest absolute Gasteiger partial charge is 0.511 e. The highest BCUT2D eigenvalue weighted by Crippen LogP contribution is 2.57. The normalized spacial score (nSPS) is 39.8. The van der Waals surface area contributed by atoms with Gasteiger partial charge in [-0.3, -0.25) is 9.59 Å². The predicted molar refractivity (Wildman–Crippen MR) is 118 cm³/mol. The van der Waals surface area contributed by atoms with Crippen molar-refractivity contribution in [2.75, 3.05) is 0 Å². The summed E-state index contributed by atoms with van der Waals surface area (Å²) < 4.78 is 0. The van der Waals surface area contributed by atoms with Crippen molar-refractivity contribution in [3.8, 4) is 0 Å². The predicted octanol–water partition coefficient (Wildman–Crippen LogP) is 4.01. The van der Waals surface area contributed by atoms with Crippen molar-refractivity contribution in [3.63, 3.8) is 0 Å². The highest BCUT2D eigenvalue weighted by Gasteiger charge is 2.54. The average molecular weight is 414 g/mol. The standard InChI is InChI=1S/C25H35NO4/c1-6-7-8-9-18-15(3)13-17-12-14(2)10-11-19(17)25(18,5)23(29)20-22(28)21(16(4)27)26-24(20)30/h6-9,13-14,16-19,21,27,29H,10-12H2,1-5H3,(H,26,30)/b7-6+,9-8+,23-20-/t14-,16?,17+,18-,19-,21?,25-/m0/s1. The molecule has 164 valence electrons. The van der Waals surface area contributed by atoms with Crippen molar-refractivity contribution in [3.05, 3.63) is 47.3 Å². The van der Waals surface area contributed by atoms with Gasteiger partial charge in [0.25, 0.3) is 5.91 Å². The molecular weight excluding hydrogens is 378 g/mol. The number of aliphatic hydroxyl groups excluding tert-OH is 2. The van der Waals surface area contributed by atoms with Gasteiger partial charge in [-0.25, -0.2) is 0 Å². The van der Waals surface area contributed by atoms with Gasteiger partial charge in [-0.1, -0.05) is 56.2 Å². The number of allylic oxidation sites excluding steroid dienone is 7. The third-order valence-corrected chi connectivity index (χ3v) is 7.42. The molecule has 2 fully saturated rings. The van der Waals surface area contributed by atoms with Crippen molar-refractivity contribution in [1.82, 2.24) is 5.32 Å². The average Bonchev–Trinajstić information content (AvgIpc) is 2.97. The topological polar surface area (TPSA) is 86.6 Å². The number of aliphatic hydroxyl groups is 2. The second kappa shape index (κ2) is 8.54. The number of nitrogens with one attached hydrogen (secondary N) is 1. The minimum absolute atomic E-state index is 0.123. The molecule has 7 atom stereocenters. The van der Waals surface area contributed by atoms with Gasteiger partial charge in [0.2, 0.25) is 0 Å². The Balaban J connectivity index is 2.16. The van der Waals surface area contributed by atoms with Crippen LogP contribution in [-0.4, -0.2) is 34.0 Å². The van der Waals surface area contributed by atoms with Crippen molar-refractivity contribution < 1.29 is 19.8 Å².